The maximum Gasteiger partial charge on any atom is 0.207 e. The van der Waals surface area contributed by atoms with Crippen LogP contribution in [0, 0.1) is 0 Å². The van der Waals surface area contributed by atoms with E-state index in [2.05, 4.69) is 19.1 Å². The molecule has 3 heteroatoms. The molecule has 0 fully saturated rings. The average molecular weight is 209 g/mol. The summed E-state index contributed by atoms with van der Waals surface area (Å²) >= 11 is 0. The lowest BCUT2D eigenvalue weighted by molar-refractivity contribution is -0.207. The van der Waals surface area contributed by atoms with Crippen LogP contribution in [0.2, 0.25) is 0 Å². The summed E-state index contributed by atoms with van der Waals surface area (Å²) in [5, 5.41) is 0. The fraction of sp³-hybridized carbons (Fsp3) is 0.500. The third-order valence-electron chi connectivity index (χ3n) is 2.73. The SMILES string of the molecule is CCc1ccc(C(CN)(OC)OC)cc1. The van der Waals surface area contributed by atoms with Crippen LogP contribution in [0.5, 0.6) is 0 Å². The van der Waals surface area contributed by atoms with Crippen LogP contribution >= 0.6 is 0 Å². The Labute approximate surface area is 91.2 Å². The number of hydrogen-bond acceptors (Lipinski definition) is 3. The van der Waals surface area contributed by atoms with Gasteiger partial charge in [0.05, 0.1) is 6.54 Å². The zero-order valence-corrected chi connectivity index (χ0v) is 9.62. The molecule has 0 bridgehead atoms. The van der Waals surface area contributed by atoms with E-state index in [-0.39, 0.29) is 0 Å². The van der Waals surface area contributed by atoms with Crippen molar-refractivity contribution >= 4 is 0 Å². The minimum Gasteiger partial charge on any atom is -0.348 e. The molecule has 0 aliphatic heterocycles. The van der Waals surface area contributed by atoms with Crippen molar-refractivity contribution in [2.75, 3.05) is 20.8 Å². The Morgan fingerprint density at radius 1 is 1.13 bits per heavy atom. The molecule has 0 spiro atoms. The van der Waals surface area contributed by atoms with Crippen molar-refractivity contribution in [1.82, 2.24) is 0 Å². The van der Waals surface area contributed by atoms with Crippen LogP contribution in [0.3, 0.4) is 0 Å². The van der Waals surface area contributed by atoms with Gasteiger partial charge in [-0.1, -0.05) is 31.2 Å². The maximum absolute atomic E-state index is 5.68. The molecular weight excluding hydrogens is 190 g/mol. The lowest BCUT2D eigenvalue weighted by Crippen LogP contribution is -2.38. The molecule has 0 saturated carbocycles. The summed E-state index contributed by atoms with van der Waals surface area (Å²) in [4.78, 5) is 0. The van der Waals surface area contributed by atoms with Crippen LogP contribution in [0.15, 0.2) is 24.3 Å². The highest BCUT2D eigenvalue weighted by atomic mass is 16.7. The molecule has 0 aliphatic carbocycles. The van der Waals surface area contributed by atoms with Crippen molar-refractivity contribution in [1.29, 1.82) is 0 Å². The van der Waals surface area contributed by atoms with Crippen LogP contribution in [0.1, 0.15) is 18.1 Å². The molecule has 2 N–H and O–H groups in total. The molecule has 0 unspecified atom stereocenters. The standard InChI is InChI=1S/C12H19NO2/c1-4-10-5-7-11(8-6-10)12(9-13,14-2)15-3/h5-8H,4,9,13H2,1-3H3. The molecule has 0 aromatic heterocycles. The zero-order chi connectivity index (χ0) is 11.3. The summed E-state index contributed by atoms with van der Waals surface area (Å²) in [5.74, 6) is -0.813. The van der Waals surface area contributed by atoms with E-state index < -0.39 is 5.79 Å². The Kier molecular flexibility index (Phi) is 4.27. The molecule has 0 aliphatic rings. The maximum atomic E-state index is 5.68. The van der Waals surface area contributed by atoms with Gasteiger partial charge in [0, 0.05) is 19.8 Å². The van der Waals surface area contributed by atoms with E-state index in [0.717, 1.165) is 12.0 Å². The molecular formula is C12H19NO2. The first kappa shape index (κ1) is 12.2. The fourth-order valence-corrected chi connectivity index (χ4v) is 1.60. The number of methoxy groups -OCH3 is 2. The first-order valence-electron chi connectivity index (χ1n) is 5.12. The molecule has 1 aromatic rings. The summed E-state index contributed by atoms with van der Waals surface area (Å²) in [6.45, 7) is 2.42. The first-order valence-corrected chi connectivity index (χ1v) is 5.12. The molecule has 0 amide bonds. The summed E-state index contributed by atoms with van der Waals surface area (Å²) < 4.78 is 10.7. The second-order valence-electron chi connectivity index (χ2n) is 3.42. The fourth-order valence-electron chi connectivity index (χ4n) is 1.60. The van der Waals surface area contributed by atoms with Crippen LogP contribution in [-0.4, -0.2) is 20.8 Å². The normalized spacial score (nSPS) is 11.7. The van der Waals surface area contributed by atoms with E-state index in [9.17, 15) is 0 Å². The van der Waals surface area contributed by atoms with Gasteiger partial charge in [-0.2, -0.15) is 0 Å². The average Bonchev–Trinajstić information content (AvgIpc) is 2.33. The number of hydrogen-bond donors (Lipinski definition) is 1. The molecule has 84 valence electrons. The zero-order valence-electron chi connectivity index (χ0n) is 9.62. The highest BCUT2D eigenvalue weighted by Crippen LogP contribution is 2.25. The van der Waals surface area contributed by atoms with Crippen molar-refractivity contribution in [2.45, 2.75) is 19.1 Å². The van der Waals surface area contributed by atoms with E-state index in [4.69, 9.17) is 15.2 Å². The van der Waals surface area contributed by atoms with Crippen LogP contribution in [0.4, 0.5) is 0 Å². The largest absolute Gasteiger partial charge is 0.348 e. The van der Waals surface area contributed by atoms with E-state index in [1.165, 1.54) is 5.56 Å². The molecule has 3 nitrogen and oxygen atoms in total. The second-order valence-corrected chi connectivity index (χ2v) is 3.42. The van der Waals surface area contributed by atoms with Crippen molar-refractivity contribution in [3.8, 4) is 0 Å². The lowest BCUT2D eigenvalue weighted by atomic mass is 10.0. The van der Waals surface area contributed by atoms with E-state index in [1.807, 2.05) is 12.1 Å². The number of benzene rings is 1. The number of rotatable bonds is 5. The van der Waals surface area contributed by atoms with E-state index >= 15 is 0 Å². The lowest BCUT2D eigenvalue weighted by Gasteiger charge is -2.29. The van der Waals surface area contributed by atoms with Crippen LogP contribution in [0.25, 0.3) is 0 Å². The molecule has 1 aromatic carbocycles. The van der Waals surface area contributed by atoms with E-state index in [0.29, 0.717) is 6.54 Å². The minimum absolute atomic E-state index is 0.297. The smallest absolute Gasteiger partial charge is 0.207 e. The Bertz CT molecular complexity index is 283. The van der Waals surface area contributed by atoms with Crippen molar-refractivity contribution in [2.24, 2.45) is 5.73 Å². The van der Waals surface area contributed by atoms with Gasteiger partial charge in [0.25, 0.3) is 0 Å². The van der Waals surface area contributed by atoms with Gasteiger partial charge in [0.15, 0.2) is 0 Å². The van der Waals surface area contributed by atoms with Crippen molar-refractivity contribution in [3.05, 3.63) is 35.4 Å². The predicted molar refractivity (Wildman–Crippen MR) is 60.6 cm³/mol. The molecule has 15 heavy (non-hydrogen) atoms. The second kappa shape index (κ2) is 5.26. The number of nitrogens with two attached hydrogens (primary N) is 1. The Balaban J connectivity index is 3.01. The molecule has 0 atom stereocenters. The van der Waals surface area contributed by atoms with Gasteiger partial charge >= 0.3 is 0 Å². The summed E-state index contributed by atoms with van der Waals surface area (Å²) in [5.41, 5.74) is 7.92. The van der Waals surface area contributed by atoms with Gasteiger partial charge < -0.3 is 15.2 Å². The van der Waals surface area contributed by atoms with Crippen LogP contribution < -0.4 is 5.73 Å². The van der Waals surface area contributed by atoms with E-state index in [1.54, 1.807) is 14.2 Å². The number of ether oxygens (including phenoxy) is 2. The molecule has 1 rings (SSSR count). The Morgan fingerprint density at radius 3 is 2.00 bits per heavy atom. The third-order valence-corrected chi connectivity index (χ3v) is 2.73. The van der Waals surface area contributed by atoms with Gasteiger partial charge in [0.2, 0.25) is 5.79 Å². The Morgan fingerprint density at radius 2 is 1.67 bits per heavy atom. The predicted octanol–water partition coefficient (Wildman–Crippen LogP) is 1.65. The topological polar surface area (TPSA) is 44.5 Å². The highest BCUT2D eigenvalue weighted by molar-refractivity contribution is 5.26. The quantitative estimate of drug-likeness (QED) is 0.750. The van der Waals surface area contributed by atoms with Gasteiger partial charge in [-0.05, 0) is 12.0 Å². The summed E-state index contributed by atoms with van der Waals surface area (Å²) in [6.07, 6.45) is 1.02. The van der Waals surface area contributed by atoms with Gasteiger partial charge in [-0.3, -0.25) is 0 Å². The van der Waals surface area contributed by atoms with Gasteiger partial charge in [-0.15, -0.1) is 0 Å². The minimum atomic E-state index is -0.813. The van der Waals surface area contributed by atoms with Crippen LogP contribution in [-0.2, 0) is 21.7 Å². The molecule has 0 radical (unpaired) electrons. The van der Waals surface area contributed by atoms with Gasteiger partial charge in [0.1, 0.15) is 0 Å². The Hall–Kier alpha value is -0.900. The molecule has 0 saturated heterocycles. The third kappa shape index (κ3) is 2.37. The molecule has 0 heterocycles. The van der Waals surface area contributed by atoms with Crippen molar-refractivity contribution < 1.29 is 9.47 Å². The summed E-state index contributed by atoms with van der Waals surface area (Å²) in [6, 6.07) is 8.13. The first-order chi connectivity index (χ1) is 7.22. The highest BCUT2D eigenvalue weighted by Gasteiger charge is 2.29. The summed E-state index contributed by atoms with van der Waals surface area (Å²) in [7, 11) is 3.20. The number of aryl methyl sites for hydroxylation is 1. The van der Waals surface area contributed by atoms with Gasteiger partial charge in [-0.25, -0.2) is 0 Å². The van der Waals surface area contributed by atoms with Crippen molar-refractivity contribution in [3.63, 3.8) is 0 Å². The monoisotopic (exact) mass is 209 g/mol.